The Morgan fingerprint density at radius 2 is 1.37 bits per heavy atom. The molecule has 0 saturated heterocycles. The summed E-state index contributed by atoms with van der Waals surface area (Å²) >= 11 is 6.22. The van der Waals surface area contributed by atoms with Crippen LogP contribution in [0.4, 0.5) is 5.69 Å². The van der Waals surface area contributed by atoms with E-state index < -0.39 is 18.5 Å². The van der Waals surface area contributed by atoms with Gasteiger partial charge in [-0.25, -0.2) is 14.2 Å². The van der Waals surface area contributed by atoms with E-state index in [-0.39, 0.29) is 0 Å². The van der Waals surface area contributed by atoms with Crippen molar-refractivity contribution in [1.29, 1.82) is 0 Å². The second-order valence-corrected chi connectivity index (χ2v) is 8.74. The number of anilines is 1. The third kappa shape index (κ3) is 4.97. The molecule has 4 aromatic rings. The van der Waals surface area contributed by atoms with Crippen molar-refractivity contribution >= 4 is 29.2 Å². The molecular formula is C26H26ClN5O3. The second-order valence-electron chi connectivity index (χ2n) is 8.36. The summed E-state index contributed by atoms with van der Waals surface area (Å²) in [7, 11) is 0. The highest BCUT2D eigenvalue weighted by atomic mass is 35.5. The minimum Gasteiger partial charge on any atom is -0.452 e. The van der Waals surface area contributed by atoms with Gasteiger partial charge >= 0.3 is 5.97 Å². The third-order valence-corrected chi connectivity index (χ3v) is 6.27. The van der Waals surface area contributed by atoms with Crippen LogP contribution in [0.5, 0.6) is 0 Å². The lowest BCUT2D eigenvalue weighted by Gasteiger charge is -2.09. The van der Waals surface area contributed by atoms with Gasteiger partial charge < -0.3 is 10.1 Å². The van der Waals surface area contributed by atoms with E-state index in [0.29, 0.717) is 22.0 Å². The number of amides is 1. The van der Waals surface area contributed by atoms with Crippen LogP contribution >= 0.6 is 11.6 Å². The maximum absolute atomic E-state index is 12.5. The van der Waals surface area contributed by atoms with Crippen molar-refractivity contribution in [3.05, 3.63) is 87.5 Å². The number of aromatic nitrogens is 4. The first kappa shape index (κ1) is 24.2. The largest absolute Gasteiger partial charge is 0.452 e. The van der Waals surface area contributed by atoms with E-state index in [0.717, 1.165) is 34.0 Å². The van der Waals surface area contributed by atoms with E-state index in [9.17, 15) is 9.59 Å². The van der Waals surface area contributed by atoms with Crippen molar-refractivity contribution in [1.82, 2.24) is 19.6 Å². The van der Waals surface area contributed by atoms with Crippen molar-refractivity contribution in [2.75, 3.05) is 11.9 Å². The Labute approximate surface area is 208 Å². The average Bonchev–Trinajstić information content (AvgIpc) is 3.27. The molecule has 0 atom stereocenters. The highest BCUT2D eigenvalue weighted by Gasteiger charge is 2.17. The summed E-state index contributed by atoms with van der Waals surface area (Å²) < 4.78 is 8.70. The van der Waals surface area contributed by atoms with Crippen molar-refractivity contribution in [3.63, 3.8) is 0 Å². The smallest absolute Gasteiger partial charge is 0.338 e. The fourth-order valence-corrected chi connectivity index (χ4v) is 3.88. The lowest BCUT2D eigenvalue weighted by Crippen LogP contribution is -2.21. The van der Waals surface area contributed by atoms with E-state index in [1.54, 1.807) is 33.6 Å². The van der Waals surface area contributed by atoms with Gasteiger partial charge in [-0.3, -0.25) is 4.79 Å². The zero-order valence-corrected chi connectivity index (χ0v) is 21.0. The number of nitrogens with zero attached hydrogens (tertiary/aromatic N) is 4. The van der Waals surface area contributed by atoms with Crippen LogP contribution in [0.25, 0.3) is 11.4 Å². The molecule has 0 aliphatic heterocycles. The Bertz CT molecular complexity index is 1400. The number of benzene rings is 2. The fraction of sp³-hybridized carbons (Fsp3) is 0.231. The van der Waals surface area contributed by atoms with Crippen LogP contribution in [0.1, 0.15) is 38.7 Å². The zero-order valence-electron chi connectivity index (χ0n) is 20.2. The first-order valence-electron chi connectivity index (χ1n) is 11.1. The molecule has 0 fully saturated rings. The summed E-state index contributed by atoms with van der Waals surface area (Å²) in [4.78, 5) is 25.0. The van der Waals surface area contributed by atoms with Crippen molar-refractivity contribution in [2.45, 2.75) is 34.6 Å². The molecule has 0 bridgehead atoms. The minimum absolute atomic E-state index is 0.328. The number of hydrogen-bond donors (Lipinski definition) is 1. The highest BCUT2D eigenvalue weighted by molar-refractivity contribution is 6.31. The molecule has 4 rings (SSSR count). The summed E-state index contributed by atoms with van der Waals surface area (Å²) in [5.74, 6) is -1.04. The molecule has 0 spiro atoms. The number of esters is 1. The number of aryl methyl sites for hydroxylation is 3. The van der Waals surface area contributed by atoms with Gasteiger partial charge in [-0.05, 0) is 71.0 Å². The number of hydrogen-bond acceptors (Lipinski definition) is 5. The van der Waals surface area contributed by atoms with Gasteiger partial charge in [-0.1, -0.05) is 29.3 Å². The maximum atomic E-state index is 12.5. The normalized spacial score (nSPS) is 10.9. The molecule has 0 unspecified atom stereocenters. The fourth-order valence-electron chi connectivity index (χ4n) is 3.76. The molecule has 1 amide bonds. The van der Waals surface area contributed by atoms with E-state index in [1.165, 1.54) is 0 Å². The van der Waals surface area contributed by atoms with Crippen LogP contribution in [0.15, 0.2) is 48.5 Å². The van der Waals surface area contributed by atoms with Gasteiger partial charge in [0, 0.05) is 0 Å². The number of halogens is 1. The molecule has 35 heavy (non-hydrogen) atoms. The SMILES string of the molecule is Cc1ccc(-n2nc(C)c(NC(=O)COC(=O)c3ccc(-n4nc(C)c(Cl)c4C)cc3)c2C)cc1. The number of rotatable bonds is 6. The third-order valence-electron chi connectivity index (χ3n) is 5.72. The average molecular weight is 492 g/mol. The summed E-state index contributed by atoms with van der Waals surface area (Å²) in [5, 5.41) is 12.3. The van der Waals surface area contributed by atoms with Crippen LogP contribution in [0.2, 0.25) is 5.02 Å². The molecular weight excluding hydrogens is 466 g/mol. The predicted molar refractivity (Wildman–Crippen MR) is 135 cm³/mol. The lowest BCUT2D eigenvalue weighted by molar-refractivity contribution is -0.119. The first-order chi connectivity index (χ1) is 16.7. The van der Waals surface area contributed by atoms with Crippen LogP contribution < -0.4 is 5.32 Å². The quantitative estimate of drug-likeness (QED) is 0.381. The number of carbonyl (C=O) groups is 2. The zero-order chi connectivity index (χ0) is 25.3. The van der Waals surface area contributed by atoms with Crippen LogP contribution in [-0.4, -0.2) is 38.0 Å². The lowest BCUT2D eigenvalue weighted by atomic mass is 10.2. The number of nitrogens with one attached hydrogen (secondary N) is 1. The van der Waals surface area contributed by atoms with Gasteiger partial charge in [0.15, 0.2) is 6.61 Å². The molecule has 0 saturated carbocycles. The Morgan fingerprint density at radius 3 is 1.94 bits per heavy atom. The van der Waals surface area contributed by atoms with Crippen molar-refractivity contribution in [3.8, 4) is 11.4 Å². The van der Waals surface area contributed by atoms with Crippen molar-refractivity contribution in [2.24, 2.45) is 0 Å². The van der Waals surface area contributed by atoms with E-state index in [2.05, 4.69) is 15.5 Å². The molecule has 8 nitrogen and oxygen atoms in total. The molecule has 180 valence electrons. The monoisotopic (exact) mass is 491 g/mol. The van der Waals surface area contributed by atoms with Crippen LogP contribution in [-0.2, 0) is 9.53 Å². The Balaban J connectivity index is 1.39. The summed E-state index contributed by atoms with van der Waals surface area (Å²) in [6.07, 6.45) is 0. The molecule has 0 aliphatic rings. The Morgan fingerprint density at radius 1 is 0.829 bits per heavy atom. The molecule has 2 aromatic carbocycles. The van der Waals surface area contributed by atoms with Gasteiger partial charge in [0.2, 0.25) is 0 Å². The molecule has 0 radical (unpaired) electrons. The molecule has 0 aliphatic carbocycles. The molecule has 2 aromatic heterocycles. The minimum atomic E-state index is -0.595. The van der Waals surface area contributed by atoms with Crippen LogP contribution in [0, 0.1) is 34.6 Å². The number of carbonyl (C=O) groups excluding carboxylic acids is 2. The van der Waals surface area contributed by atoms with Gasteiger partial charge in [-0.2, -0.15) is 10.2 Å². The van der Waals surface area contributed by atoms with Gasteiger partial charge in [-0.15, -0.1) is 0 Å². The van der Waals surface area contributed by atoms with E-state index >= 15 is 0 Å². The standard InChI is InChI=1S/C26H26ClN5O3/c1-15-6-10-21(11-7-15)32-19(5)25(17(3)30-32)28-23(33)14-35-26(34)20-8-12-22(13-9-20)31-18(4)24(27)16(2)29-31/h6-13H,14H2,1-5H3,(H,28,33). The topological polar surface area (TPSA) is 91.0 Å². The first-order valence-corrected chi connectivity index (χ1v) is 11.5. The Kier molecular flexibility index (Phi) is 6.75. The van der Waals surface area contributed by atoms with Gasteiger partial charge in [0.25, 0.3) is 5.91 Å². The van der Waals surface area contributed by atoms with E-state index in [1.807, 2.05) is 58.9 Å². The number of ether oxygens (including phenoxy) is 1. The summed E-state index contributed by atoms with van der Waals surface area (Å²) in [6.45, 7) is 9.00. The van der Waals surface area contributed by atoms with Crippen LogP contribution in [0.3, 0.4) is 0 Å². The second kappa shape index (κ2) is 9.76. The predicted octanol–water partition coefficient (Wildman–Crippen LogP) is 5.05. The molecule has 9 heteroatoms. The van der Waals surface area contributed by atoms with Crippen molar-refractivity contribution < 1.29 is 14.3 Å². The molecule has 2 heterocycles. The van der Waals surface area contributed by atoms with Gasteiger partial charge in [0.05, 0.1) is 50.4 Å². The Hall–Kier alpha value is -3.91. The van der Waals surface area contributed by atoms with Gasteiger partial charge in [0.1, 0.15) is 0 Å². The summed E-state index contributed by atoms with van der Waals surface area (Å²) in [5.41, 5.74) is 6.73. The molecule has 1 N–H and O–H groups in total. The van der Waals surface area contributed by atoms with E-state index in [4.69, 9.17) is 16.3 Å². The summed E-state index contributed by atoms with van der Waals surface area (Å²) in [6, 6.07) is 14.7. The maximum Gasteiger partial charge on any atom is 0.338 e. The highest BCUT2D eigenvalue weighted by Crippen LogP contribution is 2.24.